The minimum Gasteiger partial charge on any atom is -0.497 e. The van der Waals surface area contributed by atoms with Gasteiger partial charge in [0, 0.05) is 6.20 Å². The quantitative estimate of drug-likeness (QED) is 0.462. The van der Waals surface area contributed by atoms with Gasteiger partial charge in [0.1, 0.15) is 17.1 Å². The van der Waals surface area contributed by atoms with Gasteiger partial charge in [-0.3, -0.25) is 9.36 Å². The summed E-state index contributed by atoms with van der Waals surface area (Å²) in [6.45, 7) is 1.88. The number of benzene rings is 2. The van der Waals surface area contributed by atoms with E-state index in [0.717, 1.165) is 22.6 Å². The predicted octanol–water partition coefficient (Wildman–Crippen LogP) is 3.55. The van der Waals surface area contributed by atoms with Gasteiger partial charge in [0.2, 0.25) is 0 Å². The number of hydrogen-bond donors (Lipinski definition) is 0. The monoisotopic (exact) mass is 401 g/mol. The third-order valence-corrected chi connectivity index (χ3v) is 5.05. The number of aryl methyl sites for hydroxylation is 1. The van der Waals surface area contributed by atoms with Gasteiger partial charge in [-0.25, -0.2) is 8.91 Å². The molecule has 0 saturated carbocycles. The van der Waals surface area contributed by atoms with Crippen molar-refractivity contribution in [3.05, 3.63) is 82.7 Å². The summed E-state index contributed by atoms with van der Waals surface area (Å²) >= 11 is 0. The Morgan fingerprint density at radius 1 is 1.00 bits per heavy atom. The molecule has 0 atom stereocenters. The van der Waals surface area contributed by atoms with Crippen molar-refractivity contribution in [2.24, 2.45) is 0 Å². The van der Waals surface area contributed by atoms with E-state index in [-0.39, 0.29) is 11.2 Å². The molecular weight excluding hydrogens is 385 g/mol. The van der Waals surface area contributed by atoms with E-state index in [1.807, 2.05) is 31.2 Å². The van der Waals surface area contributed by atoms with Gasteiger partial charge >= 0.3 is 0 Å². The van der Waals surface area contributed by atoms with Gasteiger partial charge in [0.25, 0.3) is 5.56 Å². The molecule has 0 aliphatic heterocycles. The molecule has 0 bridgehead atoms. The van der Waals surface area contributed by atoms with Crippen LogP contribution < -0.4 is 10.3 Å². The molecule has 148 valence electrons. The van der Waals surface area contributed by atoms with Crippen molar-refractivity contribution in [2.45, 2.75) is 6.92 Å². The van der Waals surface area contributed by atoms with Crippen LogP contribution in [0.25, 0.3) is 33.5 Å². The lowest BCUT2D eigenvalue weighted by atomic mass is 10.1. The summed E-state index contributed by atoms with van der Waals surface area (Å²) in [5, 5.41) is 13.0. The predicted molar refractivity (Wildman–Crippen MR) is 111 cm³/mol. The van der Waals surface area contributed by atoms with E-state index in [9.17, 15) is 9.18 Å². The van der Waals surface area contributed by atoms with Gasteiger partial charge in [-0.2, -0.15) is 5.10 Å². The SMILES string of the molecule is COc1ccc(-c2c(C)nn3c2nnc2c(=O)n(-c4ccccc4F)ccc23)cc1. The van der Waals surface area contributed by atoms with E-state index >= 15 is 0 Å². The van der Waals surface area contributed by atoms with Crippen LogP contribution in [0, 0.1) is 12.7 Å². The molecule has 7 nitrogen and oxygen atoms in total. The van der Waals surface area contributed by atoms with Crippen molar-refractivity contribution in [1.82, 2.24) is 24.4 Å². The molecule has 0 unspecified atom stereocenters. The summed E-state index contributed by atoms with van der Waals surface area (Å²) in [5.74, 6) is 0.253. The lowest BCUT2D eigenvalue weighted by Gasteiger charge is -2.08. The van der Waals surface area contributed by atoms with Crippen LogP contribution in [-0.2, 0) is 0 Å². The fourth-order valence-electron chi connectivity index (χ4n) is 3.59. The lowest BCUT2D eigenvalue weighted by molar-refractivity contribution is 0.415. The Labute approximate surface area is 170 Å². The Bertz CT molecular complexity index is 1470. The van der Waals surface area contributed by atoms with Crippen molar-refractivity contribution in [3.8, 4) is 22.6 Å². The summed E-state index contributed by atoms with van der Waals surface area (Å²) < 4.78 is 22.2. The summed E-state index contributed by atoms with van der Waals surface area (Å²) in [5.41, 5.74) is 3.32. The average Bonchev–Trinajstić information content (AvgIpc) is 3.11. The maximum atomic E-state index is 14.2. The van der Waals surface area contributed by atoms with Crippen LogP contribution in [0.3, 0.4) is 0 Å². The highest BCUT2D eigenvalue weighted by Gasteiger charge is 2.18. The largest absolute Gasteiger partial charge is 0.497 e. The smallest absolute Gasteiger partial charge is 0.285 e. The highest BCUT2D eigenvalue weighted by molar-refractivity contribution is 5.84. The van der Waals surface area contributed by atoms with Crippen LogP contribution in [0.15, 0.2) is 65.6 Å². The number of aromatic nitrogens is 5. The molecule has 3 heterocycles. The first kappa shape index (κ1) is 18.0. The number of ether oxygens (including phenoxy) is 1. The zero-order valence-corrected chi connectivity index (χ0v) is 16.2. The second-order valence-corrected chi connectivity index (χ2v) is 6.80. The number of rotatable bonds is 3. The number of pyridine rings is 1. The summed E-state index contributed by atoms with van der Waals surface area (Å²) in [6, 6.07) is 15.3. The molecule has 0 saturated heterocycles. The molecular formula is C22H16FN5O2. The molecule has 0 spiro atoms. The van der Waals surface area contributed by atoms with Crippen molar-refractivity contribution < 1.29 is 9.13 Å². The normalized spacial score (nSPS) is 11.3. The van der Waals surface area contributed by atoms with Gasteiger partial charge in [-0.1, -0.05) is 24.3 Å². The van der Waals surface area contributed by atoms with E-state index in [1.165, 1.54) is 22.9 Å². The van der Waals surface area contributed by atoms with Crippen LogP contribution >= 0.6 is 0 Å². The standard InChI is InChI=1S/C22H16FN5O2/c1-13-19(14-7-9-15(30-2)10-8-14)21-25-24-20-18(28(21)26-13)11-12-27(22(20)29)17-6-4-3-5-16(17)23/h3-12H,1-2H3. The van der Waals surface area contributed by atoms with Gasteiger partial charge < -0.3 is 4.74 Å². The maximum absolute atomic E-state index is 14.2. The molecule has 0 amide bonds. The van der Waals surface area contributed by atoms with Crippen molar-refractivity contribution in [2.75, 3.05) is 7.11 Å². The van der Waals surface area contributed by atoms with E-state index in [4.69, 9.17) is 4.74 Å². The third-order valence-electron chi connectivity index (χ3n) is 5.05. The van der Waals surface area contributed by atoms with E-state index < -0.39 is 11.4 Å². The molecule has 2 aromatic carbocycles. The van der Waals surface area contributed by atoms with Crippen molar-refractivity contribution in [1.29, 1.82) is 0 Å². The highest BCUT2D eigenvalue weighted by atomic mass is 19.1. The maximum Gasteiger partial charge on any atom is 0.285 e. The molecule has 0 aliphatic rings. The van der Waals surface area contributed by atoms with Crippen LogP contribution in [0.4, 0.5) is 4.39 Å². The van der Waals surface area contributed by atoms with E-state index in [1.54, 1.807) is 29.8 Å². The molecule has 8 heteroatoms. The molecule has 0 aliphatic carbocycles. The number of fused-ring (bicyclic) bond motifs is 3. The second-order valence-electron chi connectivity index (χ2n) is 6.80. The Balaban J connectivity index is 1.74. The van der Waals surface area contributed by atoms with Crippen molar-refractivity contribution >= 4 is 16.7 Å². The fraction of sp³-hybridized carbons (Fsp3) is 0.0909. The fourth-order valence-corrected chi connectivity index (χ4v) is 3.59. The molecule has 30 heavy (non-hydrogen) atoms. The zero-order chi connectivity index (χ0) is 20.8. The van der Waals surface area contributed by atoms with Gasteiger partial charge in [-0.15, -0.1) is 10.2 Å². The van der Waals surface area contributed by atoms with Crippen LogP contribution in [-0.4, -0.2) is 31.5 Å². The Morgan fingerprint density at radius 3 is 2.50 bits per heavy atom. The van der Waals surface area contributed by atoms with Crippen LogP contribution in [0.1, 0.15) is 5.69 Å². The molecule has 5 rings (SSSR count). The van der Waals surface area contributed by atoms with Crippen molar-refractivity contribution in [3.63, 3.8) is 0 Å². The molecule has 0 radical (unpaired) electrons. The second kappa shape index (κ2) is 6.77. The number of nitrogens with zero attached hydrogens (tertiary/aromatic N) is 5. The van der Waals surface area contributed by atoms with Gasteiger partial charge in [-0.05, 0) is 42.8 Å². The highest BCUT2D eigenvalue weighted by Crippen LogP contribution is 2.29. The topological polar surface area (TPSA) is 74.3 Å². The van der Waals surface area contributed by atoms with Crippen LogP contribution in [0.2, 0.25) is 0 Å². The van der Waals surface area contributed by atoms with E-state index in [2.05, 4.69) is 15.3 Å². The molecule has 0 fully saturated rings. The molecule has 0 N–H and O–H groups in total. The lowest BCUT2D eigenvalue weighted by Crippen LogP contribution is -2.21. The summed E-state index contributed by atoms with van der Waals surface area (Å²) in [4.78, 5) is 13.0. The van der Waals surface area contributed by atoms with E-state index in [0.29, 0.717) is 11.2 Å². The van der Waals surface area contributed by atoms with Gasteiger partial charge in [0.05, 0.1) is 24.1 Å². The Hall–Kier alpha value is -4.07. The Morgan fingerprint density at radius 2 is 1.77 bits per heavy atom. The number of para-hydroxylation sites is 1. The average molecular weight is 401 g/mol. The summed E-state index contributed by atoms with van der Waals surface area (Å²) in [7, 11) is 1.61. The molecule has 5 aromatic rings. The van der Waals surface area contributed by atoms with Crippen LogP contribution in [0.5, 0.6) is 5.75 Å². The summed E-state index contributed by atoms with van der Waals surface area (Å²) in [6.07, 6.45) is 1.52. The molecule has 3 aromatic heterocycles. The first-order chi connectivity index (χ1) is 14.6. The third kappa shape index (κ3) is 2.65. The minimum absolute atomic E-state index is 0.108. The first-order valence-electron chi connectivity index (χ1n) is 9.25. The Kier molecular flexibility index (Phi) is 4.06. The number of hydrogen-bond acceptors (Lipinski definition) is 5. The zero-order valence-electron chi connectivity index (χ0n) is 16.2. The minimum atomic E-state index is -0.496. The number of halogens is 1. The first-order valence-corrected chi connectivity index (χ1v) is 9.25. The van der Waals surface area contributed by atoms with Gasteiger partial charge in [0.15, 0.2) is 11.2 Å². The number of methoxy groups -OCH3 is 1.